The van der Waals surface area contributed by atoms with Gasteiger partial charge in [0.25, 0.3) is 0 Å². The van der Waals surface area contributed by atoms with Crippen molar-refractivity contribution in [2.45, 2.75) is 6.92 Å². The molecular formula is C9H12N2O3. The molecule has 0 saturated heterocycles. The summed E-state index contributed by atoms with van der Waals surface area (Å²) < 4.78 is 9.76. The van der Waals surface area contributed by atoms with Crippen LogP contribution in [-0.2, 0) is 9.53 Å². The minimum Gasteiger partial charge on any atom is -0.480 e. The van der Waals surface area contributed by atoms with Crippen molar-refractivity contribution >= 4 is 11.8 Å². The molecule has 0 aliphatic rings. The number of hydrogen-bond donors (Lipinski definition) is 1. The lowest BCUT2D eigenvalue weighted by Gasteiger charge is -2.04. The van der Waals surface area contributed by atoms with Gasteiger partial charge in [-0.05, 0) is 19.1 Å². The van der Waals surface area contributed by atoms with Gasteiger partial charge in [-0.15, -0.1) is 0 Å². The van der Waals surface area contributed by atoms with Gasteiger partial charge < -0.3 is 15.2 Å². The Labute approximate surface area is 81.8 Å². The van der Waals surface area contributed by atoms with Crippen LogP contribution >= 0.6 is 0 Å². The van der Waals surface area contributed by atoms with Crippen LogP contribution in [-0.4, -0.2) is 24.2 Å². The molecule has 14 heavy (non-hydrogen) atoms. The maximum Gasteiger partial charge on any atom is 0.344 e. The molecule has 0 spiro atoms. The van der Waals surface area contributed by atoms with E-state index in [1.807, 2.05) is 0 Å². The van der Waals surface area contributed by atoms with Crippen molar-refractivity contribution in [1.29, 1.82) is 0 Å². The summed E-state index contributed by atoms with van der Waals surface area (Å²) in [5.41, 5.74) is 5.37. The first kappa shape index (κ1) is 10.3. The number of nitrogens with two attached hydrogens (primary N) is 1. The molecule has 0 fully saturated rings. The van der Waals surface area contributed by atoms with Gasteiger partial charge >= 0.3 is 5.97 Å². The zero-order valence-corrected chi connectivity index (χ0v) is 7.90. The van der Waals surface area contributed by atoms with Gasteiger partial charge in [0.2, 0.25) is 0 Å². The van der Waals surface area contributed by atoms with E-state index in [9.17, 15) is 4.79 Å². The fourth-order valence-corrected chi connectivity index (χ4v) is 0.822. The second-order valence-corrected chi connectivity index (χ2v) is 2.51. The number of hydrogen-bond acceptors (Lipinski definition) is 5. The third-order valence-corrected chi connectivity index (χ3v) is 1.42. The van der Waals surface area contributed by atoms with Gasteiger partial charge in [-0.1, -0.05) is 0 Å². The number of ether oxygens (including phenoxy) is 2. The van der Waals surface area contributed by atoms with E-state index >= 15 is 0 Å². The van der Waals surface area contributed by atoms with Gasteiger partial charge in [-0.2, -0.15) is 0 Å². The first-order valence-electron chi connectivity index (χ1n) is 4.22. The molecule has 0 amide bonds. The minimum absolute atomic E-state index is 0.112. The average molecular weight is 196 g/mol. The molecule has 0 atom stereocenters. The maximum atomic E-state index is 10.9. The highest BCUT2D eigenvalue weighted by atomic mass is 16.6. The van der Waals surface area contributed by atoms with E-state index in [-0.39, 0.29) is 6.61 Å². The number of nitrogens with zero attached hydrogens (tertiary/aromatic N) is 1. The van der Waals surface area contributed by atoms with Crippen LogP contribution in [0.1, 0.15) is 6.92 Å². The summed E-state index contributed by atoms with van der Waals surface area (Å²) in [6.07, 6.45) is 1.45. The van der Waals surface area contributed by atoms with Gasteiger partial charge in [-0.3, -0.25) is 0 Å². The Morgan fingerprint density at radius 1 is 1.57 bits per heavy atom. The van der Waals surface area contributed by atoms with Crippen LogP contribution in [0.2, 0.25) is 0 Å². The molecular weight excluding hydrogens is 184 g/mol. The van der Waals surface area contributed by atoms with E-state index in [1.165, 1.54) is 6.20 Å². The highest BCUT2D eigenvalue weighted by Gasteiger charge is 2.02. The van der Waals surface area contributed by atoms with Gasteiger partial charge in [0, 0.05) is 0 Å². The highest BCUT2D eigenvalue weighted by molar-refractivity contribution is 5.71. The molecule has 1 heterocycles. The predicted octanol–water partition coefficient (Wildman–Crippen LogP) is 0.606. The second kappa shape index (κ2) is 5.06. The van der Waals surface area contributed by atoms with Gasteiger partial charge in [0.05, 0.1) is 12.8 Å². The lowest BCUT2D eigenvalue weighted by atomic mass is 10.4. The van der Waals surface area contributed by atoms with Crippen LogP contribution < -0.4 is 10.5 Å². The van der Waals surface area contributed by atoms with E-state index in [0.29, 0.717) is 18.2 Å². The fourth-order valence-electron chi connectivity index (χ4n) is 0.822. The Bertz CT molecular complexity index is 297. The van der Waals surface area contributed by atoms with Crippen LogP contribution in [0.4, 0.5) is 5.82 Å². The molecule has 1 rings (SSSR count). The van der Waals surface area contributed by atoms with E-state index in [0.717, 1.165) is 0 Å². The Morgan fingerprint density at radius 2 is 2.36 bits per heavy atom. The number of esters is 1. The van der Waals surface area contributed by atoms with E-state index < -0.39 is 5.97 Å². The average Bonchev–Trinajstić information content (AvgIpc) is 2.17. The van der Waals surface area contributed by atoms with Crippen LogP contribution in [0.25, 0.3) is 0 Å². The van der Waals surface area contributed by atoms with Crippen molar-refractivity contribution in [3.63, 3.8) is 0 Å². The number of nitrogen functional groups attached to an aromatic ring is 1. The molecule has 0 unspecified atom stereocenters. The fraction of sp³-hybridized carbons (Fsp3) is 0.333. The number of rotatable bonds is 4. The molecule has 0 aromatic carbocycles. The monoisotopic (exact) mass is 196 g/mol. The second-order valence-electron chi connectivity index (χ2n) is 2.51. The quantitative estimate of drug-likeness (QED) is 0.714. The molecule has 5 nitrogen and oxygen atoms in total. The summed E-state index contributed by atoms with van der Waals surface area (Å²) in [6, 6.07) is 3.24. The molecule has 0 saturated carbocycles. The number of carbonyl (C=O) groups excluding carboxylic acids is 1. The highest BCUT2D eigenvalue weighted by Crippen LogP contribution is 2.09. The summed E-state index contributed by atoms with van der Waals surface area (Å²) in [5, 5.41) is 0. The number of aromatic nitrogens is 1. The summed E-state index contributed by atoms with van der Waals surface area (Å²) in [5.74, 6) is 0.505. The Morgan fingerprint density at radius 3 is 2.93 bits per heavy atom. The molecule has 5 heteroatoms. The first-order valence-corrected chi connectivity index (χ1v) is 4.22. The largest absolute Gasteiger partial charge is 0.480 e. The van der Waals surface area contributed by atoms with E-state index in [4.69, 9.17) is 10.5 Å². The molecule has 0 aliphatic heterocycles. The third-order valence-electron chi connectivity index (χ3n) is 1.42. The molecule has 2 N–H and O–H groups in total. The smallest absolute Gasteiger partial charge is 0.344 e. The third kappa shape index (κ3) is 3.30. The number of carbonyl (C=O) groups is 1. The van der Waals surface area contributed by atoms with Crippen LogP contribution in [0, 0.1) is 0 Å². The minimum atomic E-state index is -0.399. The van der Waals surface area contributed by atoms with Crippen LogP contribution in [0.5, 0.6) is 5.75 Å². The van der Waals surface area contributed by atoms with Crippen molar-refractivity contribution in [3.05, 3.63) is 18.3 Å². The van der Waals surface area contributed by atoms with Crippen molar-refractivity contribution in [2.75, 3.05) is 18.9 Å². The van der Waals surface area contributed by atoms with Gasteiger partial charge in [0.15, 0.2) is 6.61 Å². The maximum absolute atomic E-state index is 10.9. The lowest BCUT2D eigenvalue weighted by molar-refractivity contribution is -0.145. The number of pyridine rings is 1. The predicted molar refractivity (Wildman–Crippen MR) is 50.8 cm³/mol. The molecule has 1 aromatic rings. The molecule has 0 radical (unpaired) electrons. The van der Waals surface area contributed by atoms with Crippen LogP contribution in [0.3, 0.4) is 0 Å². The van der Waals surface area contributed by atoms with E-state index in [1.54, 1.807) is 19.1 Å². The molecule has 1 aromatic heterocycles. The zero-order chi connectivity index (χ0) is 10.4. The normalized spacial score (nSPS) is 9.50. The van der Waals surface area contributed by atoms with Crippen LogP contribution in [0.15, 0.2) is 18.3 Å². The van der Waals surface area contributed by atoms with Crippen molar-refractivity contribution in [1.82, 2.24) is 4.98 Å². The Kier molecular flexibility index (Phi) is 3.72. The van der Waals surface area contributed by atoms with Crippen molar-refractivity contribution in [3.8, 4) is 5.75 Å². The van der Waals surface area contributed by atoms with Gasteiger partial charge in [0.1, 0.15) is 11.6 Å². The molecule has 0 aliphatic carbocycles. The van der Waals surface area contributed by atoms with E-state index in [2.05, 4.69) is 9.72 Å². The summed E-state index contributed by atoms with van der Waals surface area (Å²) >= 11 is 0. The number of anilines is 1. The Hall–Kier alpha value is -1.78. The topological polar surface area (TPSA) is 74.4 Å². The lowest BCUT2D eigenvalue weighted by Crippen LogP contribution is -2.14. The summed E-state index contributed by atoms with van der Waals surface area (Å²) in [4.78, 5) is 14.7. The van der Waals surface area contributed by atoms with Crippen molar-refractivity contribution < 1.29 is 14.3 Å². The zero-order valence-electron chi connectivity index (χ0n) is 7.90. The first-order chi connectivity index (χ1) is 6.72. The van der Waals surface area contributed by atoms with Gasteiger partial charge in [-0.25, -0.2) is 9.78 Å². The summed E-state index contributed by atoms with van der Waals surface area (Å²) in [6.45, 7) is 1.98. The van der Waals surface area contributed by atoms with Crippen molar-refractivity contribution in [2.24, 2.45) is 0 Å². The summed E-state index contributed by atoms with van der Waals surface area (Å²) in [7, 11) is 0. The Balaban J connectivity index is 2.38. The molecule has 76 valence electrons. The molecule has 0 bridgehead atoms. The standard InChI is InChI=1S/C9H12N2O3/c1-2-13-9(12)6-14-7-3-4-8(10)11-5-7/h3-5H,2,6H2,1H3,(H2,10,11). The SMILES string of the molecule is CCOC(=O)COc1ccc(N)nc1.